The van der Waals surface area contributed by atoms with E-state index in [1.54, 1.807) is 0 Å². The van der Waals surface area contributed by atoms with Gasteiger partial charge < -0.3 is 10.5 Å². The number of ether oxygens (including phenoxy) is 1. The average molecular weight is 298 g/mol. The highest BCUT2D eigenvalue weighted by Gasteiger charge is 2.34. The zero-order valence-electron chi connectivity index (χ0n) is 9.94. The highest BCUT2D eigenvalue weighted by atomic mass is 32.2. The van der Waals surface area contributed by atoms with E-state index in [0.29, 0.717) is 0 Å². The first-order valence-corrected chi connectivity index (χ1v) is 6.71. The van der Waals surface area contributed by atoms with Gasteiger partial charge in [-0.3, -0.25) is 0 Å². The Morgan fingerprint density at radius 3 is 2.47 bits per heavy atom. The van der Waals surface area contributed by atoms with Crippen LogP contribution in [0.25, 0.3) is 0 Å². The van der Waals surface area contributed by atoms with E-state index in [2.05, 4.69) is 9.46 Å². The first kappa shape index (κ1) is 15.7. The van der Waals surface area contributed by atoms with E-state index in [0.717, 1.165) is 12.1 Å². The number of halogens is 3. The fourth-order valence-corrected chi connectivity index (χ4v) is 2.64. The lowest BCUT2D eigenvalue weighted by molar-refractivity contribution is -0.275. The van der Waals surface area contributed by atoms with Crippen LogP contribution < -0.4 is 15.2 Å². The summed E-state index contributed by atoms with van der Waals surface area (Å²) >= 11 is 0. The maximum Gasteiger partial charge on any atom is 0.573 e. The molecule has 0 fully saturated rings. The molecule has 0 aliphatic carbocycles. The van der Waals surface area contributed by atoms with Crippen molar-refractivity contribution in [3.05, 3.63) is 24.3 Å². The Bertz CT molecular complexity index is 531. The van der Waals surface area contributed by atoms with Gasteiger partial charge in [-0.05, 0) is 19.1 Å². The SMILES string of the molecule is CC(CN)NS(=O)(=O)c1ccccc1OC(F)(F)F. The Balaban J connectivity index is 3.13. The van der Waals surface area contributed by atoms with Crippen LogP contribution in [0.3, 0.4) is 0 Å². The Morgan fingerprint density at radius 1 is 1.37 bits per heavy atom. The molecule has 0 heterocycles. The lowest BCUT2D eigenvalue weighted by Gasteiger charge is -2.16. The summed E-state index contributed by atoms with van der Waals surface area (Å²) in [7, 11) is -4.13. The number of nitrogens with one attached hydrogen (secondary N) is 1. The second-order valence-electron chi connectivity index (χ2n) is 3.75. The quantitative estimate of drug-likeness (QED) is 0.856. The van der Waals surface area contributed by atoms with E-state index in [-0.39, 0.29) is 6.54 Å². The second kappa shape index (κ2) is 5.76. The molecule has 0 spiro atoms. The number of sulfonamides is 1. The summed E-state index contributed by atoms with van der Waals surface area (Å²) in [5.74, 6) is -0.785. The number of para-hydroxylation sites is 1. The largest absolute Gasteiger partial charge is 0.573 e. The number of benzene rings is 1. The van der Waals surface area contributed by atoms with Crippen molar-refractivity contribution in [3.8, 4) is 5.75 Å². The molecule has 1 rings (SSSR count). The predicted molar refractivity (Wildman–Crippen MR) is 62.0 cm³/mol. The molecular weight excluding hydrogens is 285 g/mol. The topological polar surface area (TPSA) is 81.4 Å². The van der Waals surface area contributed by atoms with Gasteiger partial charge in [0.15, 0.2) is 0 Å². The van der Waals surface area contributed by atoms with Crippen LogP contribution in [0.15, 0.2) is 29.2 Å². The molecule has 0 bridgehead atoms. The smallest absolute Gasteiger partial charge is 0.404 e. The van der Waals surface area contributed by atoms with Crippen molar-refractivity contribution < 1.29 is 26.3 Å². The van der Waals surface area contributed by atoms with Crippen molar-refractivity contribution in [1.29, 1.82) is 0 Å². The molecule has 9 heteroatoms. The molecule has 0 amide bonds. The molecule has 0 aliphatic heterocycles. The Hall–Kier alpha value is -1.32. The van der Waals surface area contributed by atoms with Crippen molar-refractivity contribution >= 4 is 10.0 Å². The first-order valence-electron chi connectivity index (χ1n) is 5.23. The van der Waals surface area contributed by atoms with Gasteiger partial charge >= 0.3 is 6.36 Å². The molecule has 19 heavy (non-hydrogen) atoms. The van der Waals surface area contributed by atoms with Gasteiger partial charge in [-0.25, -0.2) is 13.1 Å². The van der Waals surface area contributed by atoms with Crippen LogP contribution >= 0.6 is 0 Å². The lowest BCUT2D eigenvalue weighted by Crippen LogP contribution is -2.38. The normalized spacial score (nSPS) is 14.2. The Morgan fingerprint density at radius 2 is 1.95 bits per heavy atom. The van der Waals surface area contributed by atoms with E-state index in [4.69, 9.17) is 5.73 Å². The molecule has 3 N–H and O–H groups in total. The number of nitrogens with two attached hydrogens (primary N) is 1. The molecule has 5 nitrogen and oxygen atoms in total. The standard InChI is InChI=1S/C10H13F3N2O3S/c1-7(6-14)15-19(16,17)9-5-3-2-4-8(9)18-10(11,12)13/h2-5,7,15H,6,14H2,1H3. The van der Waals surface area contributed by atoms with Gasteiger partial charge in [0.25, 0.3) is 0 Å². The van der Waals surface area contributed by atoms with E-state index in [1.807, 2.05) is 0 Å². The number of hydrogen-bond acceptors (Lipinski definition) is 4. The van der Waals surface area contributed by atoms with Gasteiger partial charge in [0, 0.05) is 12.6 Å². The number of alkyl halides is 3. The van der Waals surface area contributed by atoms with E-state index in [1.165, 1.54) is 19.1 Å². The Labute approximate surface area is 108 Å². The van der Waals surface area contributed by atoms with Crippen LogP contribution in [0.5, 0.6) is 5.75 Å². The van der Waals surface area contributed by atoms with Gasteiger partial charge in [-0.1, -0.05) is 12.1 Å². The van der Waals surface area contributed by atoms with Crippen molar-refractivity contribution in [2.45, 2.75) is 24.2 Å². The van der Waals surface area contributed by atoms with Gasteiger partial charge in [0.05, 0.1) is 0 Å². The highest BCUT2D eigenvalue weighted by Crippen LogP contribution is 2.29. The molecule has 0 saturated heterocycles. The molecule has 108 valence electrons. The summed E-state index contributed by atoms with van der Waals surface area (Å²) in [4.78, 5) is -0.590. The molecule has 1 aromatic rings. The number of rotatable bonds is 5. The minimum atomic E-state index is -4.97. The van der Waals surface area contributed by atoms with E-state index < -0.39 is 33.1 Å². The maximum absolute atomic E-state index is 12.2. The number of hydrogen-bond donors (Lipinski definition) is 2. The maximum atomic E-state index is 12.2. The zero-order chi connectivity index (χ0) is 14.7. The van der Waals surface area contributed by atoms with Crippen LogP contribution in [0, 0.1) is 0 Å². The highest BCUT2D eigenvalue weighted by molar-refractivity contribution is 7.89. The van der Waals surface area contributed by atoms with Gasteiger partial charge in [-0.2, -0.15) is 0 Å². The van der Waals surface area contributed by atoms with Crippen molar-refractivity contribution in [2.24, 2.45) is 5.73 Å². The third-order valence-electron chi connectivity index (χ3n) is 2.07. The van der Waals surface area contributed by atoms with Crippen LogP contribution in [0.2, 0.25) is 0 Å². The van der Waals surface area contributed by atoms with Crippen LogP contribution in [-0.2, 0) is 10.0 Å². The third-order valence-corrected chi connectivity index (χ3v) is 3.70. The molecule has 1 aromatic carbocycles. The first-order chi connectivity index (χ1) is 8.65. The lowest BCUT2D eigenvalue weighted by atomic mass is 10.3. The molecular formula is C10H13F3N2O3S. The van der Waals surface area contributed by atoms with Gasteiger partial charge in [0.2, 0.25) is 10.0 Å². The second-order valence-corrected chi connectivity index (χ2v) is 5.43. The van der Waals surface area contributed by atoms with Crippen molar-refractivity contribution in [3.63, 3.8) is 0 Å². The zero-order valence-corrected chi connectivity index (χ0v) is 10.8. The van der Waals surface area contributed by atoms with E-state index >= 15 is 0 Å². The van der Waals surface area contributed by atoms with Crippen LogP contribution in [-0.4, -0.2) is 27.4 Å². The molecule has 0 aliphatic rings. The molecule has 0 saturated carbocycles. The summed E-state index contributed by atoms with van der Waals surface area (Å²) in [5.41, 5.74) is 5.26. The molecule has 0 radical (unpaired) electrons. The molecule has 1 unspecified atom stereocenters. The minimum Gasteiger partial charge on any atom is -0.404 e. The predicted octanol–water partition coefficient (Wildman–Crippen LogP) is 1.21. The fraction of sp³-hybridized carbons (Fsp3) is 0.400. The van der Waals surface area contributed by atoms with E-state index in [9.17, 15) is 21.6 Å². The van der Waals surface area contributed by atoms with Crippen LogP contribution in [0.4, 0.5) is 13.2 Å². The van der Waals surface area contributed by atoms with Crippen molar-refractivity contribution in [2.75, 3.05) is 6.54 Å². The summed E-state index contributed by atoms with van der Waals surface area (Å²) in [6.07, 6.45) is -4.97. The van der Waals surface area contributed by atoms with Gasteiger partial charge in [-0.15, -0.1) is 13.2 Å². The summed E-state index contributed by atoms with van der Waals surface area (Å²) in [6.45, 7) is 1.51. The Kier molecular flexibility index (Phi) is 4.77. The van der Waals surface area contributed by atoms with Crippen molar-refractivity contribution in [1.82, 2.24) is 4.72 Å². The third kappa shape index (κ3) is 4.69. The van der Waals surface area contributed by atoms with Crippen LogP contribution in [0.1, 0.15) is 6.92 Å². The summed E-state index contributed by atoms with van der Waals surface area (Å²) in [6, 6.07) is 3.88. The van der Waals surface area contributed by atoms with Gasteiger partial charge in [0.1, 0.15) is 10.6 Å². The molecule has 1 atom stereocenters. The average Bonchev–Trinajstić information content (AvgIpc) is 2.26. The monoisotopic (exact) mass is 298 g/mol. The minimum absolute atomic E-state index is 0.0154. The summed E-state index contributed by atoms with van der Waals surface area (Å²) in [5, 5.41) is 0. The summed E-state index contributed by atoms with van der Waals surface area (Å²) < 4.78 is 66.2. The molecule has 0 aromatic heterocycles. The fourth-order valence-electron chi connectivity index (χ4n) is 1.26.